The Kier molecular flexibility index (Phi) is 986. The van der Waals surface area contributed by atoms with Gasteiger partial charge in [0, 0.05) is 0 Å². The fourth-order valence-electron chi connectivity index (χ4n) is 0. The first-order valence-electron chi connectivity index (χ1n) is 0. The third-order valence-corrected chi connectivity index (χ3v) is 0. The van der Waals surface area contributed by atoms with E-state index in [0.29, 0.717) is 0 Å². The van der Waals surface area contributed by atoms with Crippen LogP contribution in [0.2, 0.25) is 0 Å². The zero-order chi connectivity index (χ0) is 0. The minimum absolute atomic E-state index is 0. The number of hydrogen-bond donors (Lipinski definition) is 1. The van der Waals surface area contributed by atoms with Crippen molar-refractivity contribution >= 4 is 0 Å². The van der Waals surface area contributed by atoms with Crippen molar-refractivity contribution < 1.29 is 40.5 Å². The molecule has 0 aromatic heterocycles. The molecule has 0 amide bonds. The molecule has 0 aliphatic carbocycles. The molecule has 0 bridgehead atoms. The first kappa shape index (κ1) is 94.9. The van der Waals surface area contributed by atoms with Crippen LogP contribution >= 0.6 is 0 Å². The smallest absolute Gasteiger partial charge is 0.870 e. The van der Waals surface area contributed by atoms with Crippen LogP contribution in [-0.4, -0.2) is 11.0 Å². The second kappa shape index (κ2) is 41.6. The fraction of sp³-hybridized carbons (Fsp3) is 0. The van der Waals surface area contributed by atoms with Gasteiger partial charge in [-0.2, -0.15) is 0 Å². The molecule has 0 aliphatic heterocycles. The Labute approximate surface area is 46.9 Å². The van der Waals surface area contributed by atoms with Crippen molar-refractivity contribution in [3.8, 4) is 0 Å². The molecule has 24 valence electrons. The van der Waals surface area contributed by atoms with Crippen molar-refractivity contribution in [3.63, 3.8) is 0 Å². The average molecular weight is 75.0 g/mol. The van der Waals surface area contributed by atoms with Crippen molar-refractivity contribution in [3.05, 3.63) is 0 Å². The molecular formula is H6NNaO2. The summed E-state index contributed by atoms with van der Waals surface area (Å²) >= 11 is 0. The zero-order valence-corrected chi connectivity index (χ0v) is 4.65. The van der Waals surface area contributed by atoms with Crippen LogP contribution in [0, 0.1) is 0 Å². The molecule has 4 heavy (non-hydrogen) atoms. The molecule has 0 aromatic carbocycles. The largest absolute Gasteiger partial charge is 1.00 e. The van der Waals surface area contributed by atoms with Crippen molar-refractivity contribution in [2.45, 2.75) is 0 Å². The predicted molar refractivity (Wildman–Crippen MR) is 10.6 cm³/mol. The second-order valence-corrected chi connectivity index (χ2v) is 0. The van der Waals surface area contributed by atoms with Crippen LogP contribution in [-0.2, 0) is 0 Å². The Bertz CT molecular complexity index is 6.00. The van der Waals surface area contributed by atoms with Crippen molar-refractivity contribution in [2.75, 3.05) is 0 Å². The van der Waals surface area contributed by atoms with E-state index in [1.165, 1.54) is 0 Å². The number of hydrogen-bond acceptors (Lipinski definition) is 2. The normalized spacial score (nSPS) is 0. The van der Waals surface area contributed by atoms with Gasteiger partial charge < -0.3 is 17.1 Å². The molecule has 0 aliphatic rings. The predicted octanol–water partition coefficient (Wildman–Crippen LogP) is -3.84. The summed E-state index contributed by atoms with van der Waals surface area (Å²) in [6, 6.07) is 0. The van der Waals surface area contributed by atoms with E-state index in [-0.39, 0.29) is 46.7 Å². The van der Waals surface area contributed by atoms with Crippen LogP contribution in [0.4, 0.5) is 0 Å². The number of rotatable bonds is 0. The van der Waals surface area contributed by atoms with Gasteiger partial charge >= 0.3 is 29.6 Å². The van der Waals surface area contributed by atoms with Crippen LogP contribution in [0.5, 0.6) is 0 Å². The molecular weight excluding hydrogens is 69.0 g/mol. The van der Waals surface area contributed by atoms with Crippen molar-refractivity contribution in [1.82, 2.24) is 6.15 Å². The summed E-state index contributed by atoms with van der Waals surface area (Å²) in [5.41, 5.74) is 0. The van der Waals surface area contributed by atoms with Gasteiger partial charge in [-0.1, -0.05) is 0 Å². The average Bonchev–Trinajstić information content (AvgIpc) is 0. The quantitative estimate of drug-likeness (QED) is 0.298. The molecule has 4 heteroatoms. The van der Waals surface area contributed by atoms with Crippen LogP contribution in [0.25, 0.3) is 0 Å². The van der Waals surface area contributed by atoms with Crippen molar-refractivity contribution in [2.24, 2.45) is 0 Å². The van der Waals surface area contributed by atoms with Gasteiger partial charge in [0.2, 0.25) is 0 Å². The third-order valence-electron chi connectivity index (χ3n) is 0. The van der Waals surface area contributed by atoms with Crippen LogP contribution in [0.1, 0.15) is 0 Å². The van der Waals surface area contributed by atoms with Crippen molar-refractivity contribution in [1.29, 1.82) is 0 Å². The minimum atomic E-state index is 0. The Morgan fingerprint density at radius 3 is 1.00 bits per heavy atom. The summed E-state index contributed by atoms with van der Waals surface area (Å²) in [5, 5.41) is 0. The summed E-state index contributed by atoms with van der Waals surface area (Å²) in [5.74, 6) is 0. The molecule has 6 N–H and O–H groups in total. The first-order chi connectivity index (χ1) is 0. The maximum Gasteiger partial charge on any atom is 1.00 e. The van der Waals surface area contributed by atoms with Gasteiger partial charge in [0.1, 0.15) is 0 Å². The first-order valence-corrected chi connectivity index (χ1v) is 0. The Balaban J connectivity index is 0. The summed E-state index contributed by atoms with van der Waals surface area (Å²) in [6.07, 6.45) is 0. The van der Waals surface area contributed by atoms with E-state index >= 15 is 0 Å². The Morgan fingerprint density at radius 2 is 1.00 bits per heavy atom. The zero-order valence-electron chi connectivity index (χ0n) is 2.65. The molecule has 0 fully saturated rings. The summed E-state index contributed by atoms with van der Waals surface area (Å²) in [7, 11) is 0. The minimum Gasteiger partial charge on any atom is -0.870 e. The van der Waals surface area contributed by atoms with Gasteiger partial charge in [0.25, 0.3) is 0 Å². The second-order valence-electron chi connectivity index (χ2n) is 0. The summed E-state index contributed by atoms with van der Waals surface area (Å²) in [4.78, 5) is 0. The molecule has 3 nitrogen and oxygen atoms in total. The Hall–Kier alpha value is 0.880. The van der Waals surface area contributed by atoms with Gasteiger partial charge in [-0.3, -0.25) is 0 Å². The molecule has 0 saturated carbocycles. The third kappa shape index (κ3) is 13.1. The maximum atomic E-state index is 0. The molecule has 0 radical (unpaired) electrons. The molecule has 0 aromatic rings. The standard InChI is InChI=1S/H3N.Na.2H2O/h1H3;;2*1H2/q;+1;;/p-1. The topological polar surface area (TPSA) is 96.5 Å². The molecule has 0 atom stereocenters. The van der Waals surface area contributed by atoms with Crippen LogP contribution in [0.15, 0.2) is 0 Å². The Morgan fingerprint density at radius 1 is 1.00 bits per heavy atom. The molecule has 0 saturated heterocycles. The maximum absolute atomic E-state index is 0. The van der Waals surface area contributed by atoms with E-state index in [9.17, 15) is 0 Å². The van der Waals surface area contributed by atoms with E-state index in [2.05, 4.69) is 0 Å². The summed E-state index contributed by atoms with van der Waals surface area (Å²) in [6.45, 7) is 0. The van der Waals surface area contributed by atoms with E-state index in [1.807, 2.05) is 0 Å². The molecule has 0 unspecified atom stereocenters. The van der Waals surface area contributed by atoms with E-state index in [0.717, 1.165) is 0 Å². The van der Waals surface area contributed by atoms with Gasteiger partial charge in [-0.25, -0.2) is 0 Å². The SMILES string of the molecule is N.O.[Na+].[OH-]. The van der Waals surface area contributed by atoms with Gasteiger partial charge in [-0.15, -0.1) is 0 Å². The summed E-state index contributed by atoms with van der Waals surface area (Å²) < 4.78 is 0. The van der Waals surface area contributed by atoms with Gasteiger partial charge in [0.15, 0.2) is 0 Å². The van der Waals surface area contributed by atoms with Crippen LogP contribution < -0.4 is 35.7 Å². The van der Waals surface area contributed by atoms with Crippen LogP contribution in [0.3, 0.4) is 0 Å². The molecule has 0 heterocycles. The molecule has 0 spiro atoms. The monoisotopic (exact) mass is 75.0 g/mol. The van der Waals surface area contributed by atoms with E-state index in [1.54, 1.807) is 0 Å². The van der Waals surface area contributed by atoms with Gasteiger partial charge in [0.05, 0.1) is 0 Å². The molecule has 0 rings (SSSR count). The van der Waals surface area contributed by atoms with Gasteiger partial charge in [-0.05, 0) is 0 Å². The van der Waals surface area contributed by atoms with E-state index < -0.39 is 0 Å². The fourth-order valence-corrected chi connectivity index (χ4v) is 0. The van der Waals surface area contributed by atoms with E-state index in [4.69, 9.17) is 0 Å².